The van der Waals surface area contributed by atoms with Crippen LogP contribution in [0.5, 0.6) is 5.75 Å². The summed E-state index contributed by atoms with van der Waals surface area (Å²) in [5.74, 6) is 0.476. The molecule has 188 valence electrons. The molecule has 0 aliphatic carbocycles. The lowest BCUT2D eigenvalue weighted by molar-refractivity contribution is 0.102. The van der Waals surface area contributed by atoms with Gasteiger partial charge in [0.25, 0.3) is 5.91 Å². The fraction of sp³-hybridized carbons (Fsp3) is 0.480. The van der Waals surface area contributed by atoms with Crippen molar-refractivity contribution >= 4 is 38.3 Å². The smallest absolute Gasteiger partial charge is 0.257 e. The maximum absolute atomic E-state index is 13.1. The summed E-state index contributed by atoms with van der Waals surface area (Å²) in [7, 11) is 1.63. The van der Waals surface area contributed by atoms with Crippen molar-refractivity contribution in [3.63, 3.8) is 0 Å². The number of ether oxygens (including phenoxy) is 3. The molecule has 9 nitrogen and oxygen atoms in total. The average molecular weight is 500 g/mol. The highest BCUT2D eigenvalue weighted by Gasteiger charge is 2.20. The molecule has 1 aliphatic rings. The largest absolute Gasteiger partial charge is 0.494 e. The Labute approximate surface area is 210 Å². The summed E-state index contributed by atoms with van der Waals surface area (Å²) in [4.78, 5) is 26.8. The van der Waals surface area contributed by atoms with Crippen molar-refractivity contribution in [2.24, 2.45) is 0 Å². The molecule has 0 atom stereocenters. The molecule has 0 bridgehead atoms. The molecular weight excluding hydrogens is 466 g/mol. The van der Waals surface area contributed by atoms with Crippen LogP contribution in [0.3, 0.4) is 0 Å². The highest BCUT2D eigenvalue weighted by molar-refractivity contribution is 7.23. The first-order valence-electron chi connectivity index (χ1n) is 12.0. The van der Waals surface area contributed by atoms with E-state index < -0.39 is 0 Å². The number of nitrogens with zero attached hydrogens (tertiary/aromatic N) is 4. The van der Waals surface area contributed by atoms with Gasteiger partial charge >= 0.3 is 0 Å². The highest BCUT2D eigenvalue weighted by atomic mass is 32.1. The number of anilines is 2. The molecule has 1 amide bonds. The molecule has 0 saturated carbocycles. The second-order valence-electron chi connectivity index (χ2n) is 8.14. The first kappa shape index (κ1) is 25.3. The zero-order valence-corrected chi connectivity index (χ0v) is 21.4. The van der Waals surface area contributed by atoms with Crippen molar-refractivity contribution in [2.75, 3.05) is 69.9 Å². The van der Waals surface area contributed by atoms with Gasteiger partial charge in [-0.25, -0.2) is 4.98 Å². The first-order chi connectivity index (χ1) is 17.1. The van der Waals surface area contributed by atoms with E-state index in [2.05, 4.69) is 33.1 Å². The number of nitrogens with one attached hydrogen (secondary N) is 1. The minimum atomic E-state index is -0.211. The van der Waals surface area contributed by atoms with Gasteiger partial charge in [-0.3, -0.25) is 20.0 Å². The molecule has 1 fully saturated rings. The first-order valence-corrected chi connectivity index (χ1v) is 12.8. The van der Waals surface area contributed by atoms with Gasteiger partial charge in [0.05, 0.1) is 43.0 Å². The number of aromatic nitrogens is 2. The van der Waals surface area contributed by atoms with Crippen molar-refractivity contribution in [1.29, 1.82) is 0 Å². The number of pyridine rings is 1. The fourth-order valence-electron chi connectivity index (χ4n) is 4.03. The fourth-order valence-corrected chi connectivity index (χ4v) is 5.05. The Morgan fingerprint density at radius 3 is 2.83 bits per heavy atom. The Kier molecular flexibility index (Phi) is 8.86. The van der Waals surface area contributed by atoms with E-state index in [0.717, 1.165) is 47.8 Å². The number of morpholine rings is 1. The molecule has 3 aromatic rings. The van der Waals surface area contributed by atoms with Crippen LogP contribution >= 0.6 is 11.3 Å². The van der Waals surface area contributed by atoms with Crippen LogP contribution in [-0.2, 0) is 16.0 Å². The standard InChI is InChI=1S/C25H33N5O4S/c1-4-29(10-13-33-5-2)17-19-16-18(8-9-26-19)24(31)28-25-27-22-21(32-3)7-6-20(23(22)35-25)30-11-14-34-15-12-30/h6-9,16H,4-5,10-15,17H2,1-3H3,(H,27,28,31). The van der Waals surface area contributed by atoms with Crippen LogP contribution in [0.15, 0.2) is 30.5 Å². The van der Waals surface area contributed by atoms with Crippen LogP contribution in [0.1, 0.15) is 29.9 Å². The van der Waals surface area contributed by atoms with E-state index in [1.807, 2.05) is 19.1 Å². The van der Waals surface area contributed by atoms with E-state index in [-0.39, 0.29) is 5.91 Å². The van der Waals surface area contributed by atoms with Crippen LogP contribution in [0.25, 0.3) is 10.2 Å². The minimum absolute atomic E-state index is 0.211. The van der Waals surface area contributed by atoms with E-state index in [1.54, 1.807) is 19.4 Å². The number of fused-ring (bicyclic) bond motifs is 1. The van der Waals surface area contributed by atoms with E-state index in [0.29, 0.717) is 49.4 Å². The molecule has 0 radical (unpaired) electrons. The molecule has 1 aliphatic heterocycles. The quantitative estimate of drug-likeness (QED) is 0.400. The van der Waals surface area contributed by atoms with Crippen LogP contribution in [0.2, 0.25) is 0 Å². The molecule has 1 N–H and O–H groups in total. The van der Waals surface area contributed by atoms with E-state index in [1.165, 1.54) is 11.3 Å². The minimum Gasteiger partial charge on any atom is -0.494 e. The van der Waals surface area contributed by atoms with Gasteiger partial charge in [0, 0.05) is 44.5 Å². The van der Waals surface area contributed by atoms with Crippen molar-refractivity contribution in [2.45, 2.75) is 20.4 Å². The van der Waals surface area contributed by atoms with Gasteiger partial charge in [-0.2, -0.15) is 0 Å². The summed E-state index contributed by atoms with van der Waals surface area (Å²) in [6.45, 7) is 10.9. The molecule has 0 unspecified atom stereocenters. The summed E-state index contributed by atoms with van der Waals surface area (Å²) in [6, 6.07) is 7.54. The van der Waals surface area contributed by atoms with Gasteiger partial charge in [-0.1, -0.05) is 18.3 Å². The van der Waals surface area contributed by atoms with Crippen LogP contribution in [0.4, 0.5) is 10.8 Å². The number of amides is 1. The number of likely N-dealkylation sites (N-methyl/N-ethyl adjacent to an activating group) is 1. The number of thiazole rings is 1. The number of rotatable bonds is 11. The molecule has 1 saturated heterocycles. The van der Waals surface area contributed by atoms with Crippen molar-refractivity contribution in [3.05, 3.63) is 41.7 Å². The van der Waals surface area contributed by atoms with Crippen LogP contribution in [-0.4, -0.2) is 80.5 Å². The summed E-state index contributed by atoms with van der Waals surface area (Å²) in [5, 5.41) is 3.51. The molecule has 10 heteroatoms. The van der Waals surface area contributed by atoms with Crippen LogP contribution in [0, 0.1) is 0 Å². The molecule has 35 heavy (non-hydrogen) atoms. The van der Waals surface area contributed by atoms with Gasteiger partial charge in [0.2, 0.25) is 0 Å². The van der Waals surface area contributed by atoms with Gasteiger partial charge < -0.3 is 19.1 Å². The number of methoxy groups -OCH3 is 1. The maximum Gasteiger partial charge on any atom is 0.257 e. The Morgan fingerprint density at radius 1 is 1.26 bits per heavy atom. The Bertz CT molecular complexity index is 1130. The number of carbonyl (C=O) groups excluding carboxylic acids is 1. The lowest BCUT2D eigenvalue weighted by Gasteiger charge is -2.29. The topological polar surface area (TPSA) is 89.0 Å². The molecule has 0 spiro atoms. The molecule has 1 aromatic carbocycles. The van der Waals surface area contributed by atoms with Crippen molar-refractivity contribution in [3.8, 4) is 5.75 Å². The Morgan fingerprint density at radius 2 is 2.09 bits per heavy atom. The van der Waals surface area contributed by atoms with Crippen molar-refractivity contribution in [1.82, 2.24) is 14.9 Å². The molecular formula is C25H33N5O4S. The normalized spacial score (nSPS) is 14.0. The summed E-state index contributed by atoms with van der Waals surface area (Å²) >= 11 is 1.46. The third kappa shape index (κ3) is 6.26. The number of hydrogen-bond donors (Lipinski definition) is 1. The summed E-state index contributed by atoms with van der Waals surface area (Å²) in [6.07, 6.45) is 1.68. The number of benzene rings is 1. The van der Waals surface area contributed by atoms with E-state index in [4.69, 9.17) is 19.2 Å². The molecule has 3 heterocycles. The maximum atomic E-state index is 13.1. The third-order valence-corrected chi connectivity index (χ3v) is 6.94. The van der Waals surface area contributed by atoms with Gasteiger partial charge in [0.1, 0.15) is 11.3 Å². The van der Waals surface area contributed by atoms with Crippen LogP contribution < -0.4 is 15.0 Å². The third-order valence-electron chi connectivity index (χ3n) is 5.95. The SMILES string of the molecule is CCOCCN(CC)Cc1cc(C(=O)Nc2nc3c(OC)ccc(N4CCOCC4)c3s2)ccn1. The summed E-state index contributed by atoms with van der Waals surface area (Å²) < 4.78 is 17.5. The molecule has 2 aromatic heterocycles. The highest BCUT2D eigenvalue weighted by Crippen LogP contribution is 2.39. The van der Waals surface area contributed by atoms with Gasteiger partial charge in [-0.05, 0) is 37.7 Å². The van der Waals surface area contributed by atoms with Gasteiger partial charge in [0.15, 0.2) is 5.13 Å². The number of hydrogen-bond acceptors (Lipinski definition) is 9. The summed E-state index contributed by atoms with van der Waals surface area (Å²) in [5.41, 5.74) is 3.23. The number of carbonyl (C=O) groups is 1. The van der Waals surface area contributed by atoms with E-state index in [9.17, 15) is 4.79 Å². The lowest BCUT2D eigenvalue weighted by atomic mass is 10.2. The Hall–Kier alpha value is -2.79. The second-order valence-corrected chi connectivity index (χ2v) is 9.14. The monoisotopic (exact) mass is 499 g/mol. The molecule has 4 rings (SSSR count). The Balaban J connectivity index is 1.51. The zero-order chi connectivity index (χ0) is 24.6. The van der Waals surface area contributed by atoms with E-state index >= 15 is 0 Å². The lowest BCUT2D eigenvalue weighted by Crippen LogP contribution is -2.36. The van der Waals surface area contributed by atoms with Crippen molar-refractivity contribution < 1.29 is 19.0 Å². The van der Waals surface area contributed by atoms with Gasteiger partial charge in [-0.15, -0.1) is 0 Å². The zero-order valence-electron chi connectivity index (χ0n) is 20.6. The predicted octanol–water partition coefficient (Wildman–Crippen LogP) is 3.65. The second kappa shape index (κ2) is 12.3. The average Bonchev–Trinajstić information content (AvgIpc) is 3.31. The predicted molar refractivity (Wildman–Crippen MR) is 139 cm³/mol.